The second kappa shape index (κ2) is 4.28. The predicted molar refractivity (Wildman–Crippen MR) is 72.0 cm³/mol. The summed E-state index contributed by atoms with van der Waals surface area (Å²) >= 11 is 5.65. The Morgan fingerprint density at radius 2 is 2.00 bits per heavy atom. The van der Waals surface area contributed by atoms with Gasteiger partial charge in [-0.2, -0.15) is 0 Å². The third kappa shape index (κ3) is 2.20. The normalized spacial score (nSPS) is 11.8. The van der Waals surface area contributed by atoms with E-state index in [1.54, 1.807) is 12.4 Å². The van der Waals surface area contributed by atoms with Crippen molar-refractivity contribution in [2.24, 2.45) is 0 Å². The summed E-state index contributed by atoms with van der Waals surface area (Å²) in [6.07, 6.45) is 1.66. The van der Waals surface area contributed by atoms with Crippen molar-refractivity contribution in [2.75, 3.05) is 5.73 Å². The lowest BCUT2D eigenvalue weighted by atomic mass is 10.1. The molecule has 0 spiro atoms. The molecule has 0 radical (unpaired) electrons. The molecule has 96 valence electrons. The molecule has 1 aromatic heterocycles. The summed E-state index contributed by atoms with van der Waals surface area (Å²) < 4.78 is 15.3. The zero-order valence-corrected chi connectivity index (χ0v) is 11.3. The number of halogens is 2. The van der Waals surface area contributed by atoms with Crippen LogP contribution in [0.3, 0.4) is 0 Å². The molecule has 0 amide bonds. The Labute approximate surface area is 110 Å². The first-order chi connectivity index (χ1) is 8.30. The molecule has 2 rings (SSSR count). The summed E-state index contributed by atoms with van der Waals surface area (Å²) in [7, 11) is 0. The van der Waals surface area contributed by atoms with Crippen LogP contribution < -0.4 is 5.73 Å². The van der Waals surface area contributed by atoms with Crippen molar-refractivity contribution in [3.05, 3.63) is 35.4 Å². The van der Waals surface area contributed by atoms with Gasteiger partial charge in [-0.25, -0.2) is 9.37 Å². The summed E-state index contributed by atoms with van der Waals surface area (Å²) in [5.41, 5.74) is 7.08. The van der Waals surface area contributed by atoms with Gasteiger partial charge in [-0.3, -0.25) is 0 Å². The van der Waals surface area contributed by atoms with Gasteiger partial charge in [0.1, 0.15) is 17.3 Å². The molecule has 0 aliphatic carbocycles. The number of benzene rings is 1. The Bertz CT molecular complexity index is 584. The standard InChI is InChI=1S/C13H15ClFN3/c1-13(2,3)18-7-17-11(12(18)16)8-4-5-9(14)10(15)6-8/h4-7H,16H2,1-3H3. The van der Waals surface area contributed by atoms with Gasteiger partial charge >= 0.3 is 0 Å². The van der Waals surface area contributed by atoms with Crippen LogP contribution in [0.5, 0.6) is 0 Å². The number of imidazole rings is 1. The van der Waals surface area contributed by atoms with E-state index in [4.69, 9.17) is 17.3 Å². The largest absolute Gasteiger partial charge is 0.383 e. The van der Waals surface area contributed by atoms with Crippen LogP contribution >= 0.6 is 11.6 Å². The average molecular weight is 268 g/mol. The molecule has 0 atom stereocenters. The van der Waals surface area contributed by atoms with Crippen LogP contribution in [0, 0.1) is 5.82 Å². The topological polar surface area (TPSA) is 43.8 Å². The molecule has 2 N–H and O–H groups in total. The maximum atomic E-state index is 13.4. The third-order valence-corrected chi connectivity index (χ3v) is 3.03. The minimum atomic E-state index is -0.473. The molecular formula is C13H15ClFN3. The molecule has 1 aromatic carbocycles. The molecule has 0 saturated carbocycles. The van der Waals surface area contributed by atoms with Gasteiger partial charge in [0.25, 0.3) is 0 Å². The second-order valence-corrected chi connectivity index (χ2v) is 5.56. The van der Waals surface area contributed by atoms with Crippen LogP contribution in [0.1, 0.15) is 20.8 Å². The highest BCUT2D eigenvalue weighted by molar-refractivity contribution is 6.30. The van der Waals surface area contributed by atoms with E-state index in [0.717, 1.165) is 0 Å². The fourth-order valence-electron chi connectivity index (χ4n) is 1.76. The predicted octanol–water partition coefficient (Wildman–Crippen LogP) is 3.68. The Hall–Kier alpha value is -1.55. The second-order valence-electron chi connectivity index (χ2n) is 5.15. The Balaban J connectivity index is 2.52. The minimum absolute atomic E-state index is 0.0903. The fourth-order valence-corrected chi connectivity index (χ4v) is 1.88. The van der Waals surface area contributed by atoms with Crippen molar-refractivity contribution in [3.63, 3.8) is 0 Å². The van der Waals surface area contributed by atoms with Crippen LogP contribution in [0.4, 0.5) is 10.2 Å². The summed E-state index contributed by atoms with van der Waals surface area (Å²) in [6.45, 7) is 6.08. The van der Waals surface area contributed by atoms with Crippen LogP contribution in [0.25, 0.3) is 11.3 Å². The number of nitrogen functional groups attached to an aromatic ring is 1. The lowest BCUT2D eigenvalue weighted by molar-refractivity contribution is 0.402. The molecular weight excluding hydrogens is 253 g/mol. The van der Waals surface area contributed by atoms with E-state index in [1.165, 1.54) is 12.1 Å². The molecule has 0 saturated heterocycles. The first kappa shape index (κ1) is 12.9. The zero-order chi connectivity index (χ0) is 13.5. The molecule has 2 aromatic rings. The molecule has 0 fully saturated rings. The molecule has 1 heterocycles. The maximum Gasteiger partial charge on any atom is 0.142 e. The van der Waals surface area contributed by atoms with E-state index >= 15 is 0 Å². The number of nitrogens with zero attached hydrogens (tertiary/aromatic N) is 2. The zero-order valence-electron chi connectivity index (χ0n) is 10.5. The number of anilines is 1. The fraction of sp³-hybridized carbons (Fsp3) is 0.308. The van der Waals surface area contributed by atoms with Gasteiger partial charge in [0, 0.05) is 11.1 Å². The van der Waals surface area contributed by atoms with E-state index in [9.17, 15) is 4.39 Å². The minimum Gasteiger partial charge on any atom is -0.383 e. The lowest BCUT2D eigenvalue weighted by Crippen LogP contribution is -2.22. The first-order valence-corrected chi connectivity index (χ1v) is 5.97. The molecule has 0 bridgehead atoms. The number of hydrogen-bond acceptors (Lipinski definition) is 2. The molecule has 0 aliphatic rings. The van der Waals surface area contributed by atoms with E-state index in [1.807, 2.05) is 25.3 Å². The van der Waals surface area contributed by atoms with Crippen molar-refractivity contribution in [1.82, 2.24) is 9.55 Å². The van der Waals surface area contributed by atoms with Gasteiger partial charge in [0.2, 0.25) is 0 Å². The van der Waals surface area contributed by atoms with Gasteiger partial charge in [0.05, 0.1) is 11.3 Å². The monoisotopic (exact) mass is 267 g/mol. The van der Waals surface area contributed by atoms with Crippen molar-refractivity contribution in [3.8, 4) is 11.3 Å². The Morgan fingerprint density at radius 1 is 1.33 bits per heavy atom. The quantitative estimate of drug-likeness (QED) is 0.857. The molecule has 0 aliphatic heterocycles. The maximum absolute atomic E-state index is 13.4. The lowest BCUT2D eigenvalue weighted by Gasteiger charge is -2.22. The molecule has 5 heteroatoms. The smallest absolute Gasteiger partial charge is 0.142 e. The number of hydrogen-bond donors (Lipinski definition) is 1. The van der Waals surface area contributed by atoms with Crippen molar-refractivity contribution in [1.29, 1.82) is 0 Å². The van der Waals surface area contributed by atoms with Gasteiger partial charge < -0.3 is 10.3 Å². The summed E-state index contributed by atoms with van der Waals surface area (Å²) in [4.78, 5) is 4.25. The van der Waals surface area contributed by atoms with Gasteiger partial charge in [-0.05, 0) is 32.9 Å². The third-order valence-electron chi connectivity index (χ3n) is 2.72. The van der Waals surface area contributed by atoms with Gasteiger partial charge in [0.15, 0.2) is 0 Å². The summed E-state index contributed by atoms with van der Waals surface area (Å²) in [6, 6.07) is 4.55. The highest BCUT2D eigenvalue weighted by Gasteiger charge is 2.19. The van der Waals surface area contributed by atoms with Crippen LogP contribution in [-0.4, -0.2) is 9.55 Å². The van der Waals surface area contributed by atoms with Gasteiger partial charge in [-0.15, -0.1) is 0 Å². The summed E-state index contributed by atoms with van der Waals surface area (Å²) in [5.74, 6) is 0.0445. The average Bonchev–Trinajstić information content (AvgIpc) is 2.64. The molecule has 0 unspecified atom stereocenters. The number of nitrogens with two attached hydrogens (primary N) is 1. The van der Waals surface area contributed by atoms with E-state index in [2.05, 4.69) is 4.98 Å². The van der Waals surface area contributed by atoms with Crippen LogP contribution in [0.15, 0.2) is 24.5 Å². The highest BCUT2D eigenvalue weighted by Crippen LogP contribution is 2.30. The van der Waals surface area contributed by atoms with Crippen molar-refractivity contribution < 1.29 is 4.39 Å². The Kier molecular flexibility index (Phi) is 3.07. The van der Waals surface area contributed by atoms with E-state index < -0.39 is 5.82 Å². The SMILES string of the molecule is CC(C)(C)n1cnc(-c2ccc(Cl)c(F)c2)c1N. The number of rotatable bonds is 1. The highest BCUT2D eigenvalue weighted by atomic mass is 35.5. The van der Waals surface area contributed by atoms with Crippen LogP contribution in [0.2, 0.25) is 5.02 Å². The molecule has 3 nitrogen and oxygen atoms in total. The van der Waals surface area contributed by atoms with Crippen molar-refractivity contribution >= 4 is 17.4 Å². The first-order valence-electron chi connectivity index (χ1n) is 5.59. The Morgan fingerprint density at radius 3 is 2.50 bits per heavy atom. The van der Waals surface area contributed by atoms with Crippen LogP contribution in [-0.2, 0) is 5.54 Å². The molecule has 18 heavy (non-hydrogen) atoms. The number of aromatic nitrogens is 2. The van der Waals surface area contributed by atoms with E-state index in [0.29, 0.717) is 17.1 Å². The van der Waals surface area contributed by atoms with E-state index in [-0.39, 0.29) is 10.6 Å². The van der Waals surface area contributed by atoms with Gasteiger partial charge in [-0.1, -0.05) is 17.7 Å². The summed E-state index contributed by atoms with van der Waals surface area (Å²) in [5, 5.41) is 0.0903. The van der Waals surface area contributed by atoms with Crippen molar-refractivity contribution in [2.45, 2.75) is 26.3 Å².